The van der Waals surface area contributed by atoms with E-state index in [1.54, 1.807) is 25.1 Å². The lowest BCUT2D eigenvalue weighted by molar-refractivity contribution is -0.117. The number of rotatable bonds is 10. The maximum Gasteiger partial charge on any atom is 0.257 e. The molecule has 2 amide bonds. The first-order valence-electron chi connectivity index (χ1n) is 11.8. The van der Waals surface area contributed by atoms with Gasteiger partial charge in [-0.3, -0.25) is 9.59 Å². The molecular formula is C27H25Cl5FN3O3. The lowest BCUT2D eigenvalue weighted by atomic mass is 10.1. The molecule has 1 aliphatic carbocycles. The summed E-state index contributed by atoms with van der Waals surface area (Å²) in [5.41, 5.74) is 1.36. The summed E-state index contributed by atoms with van der Waals surface area (Å²) in [6.07, 6.45) is 4.35. The Bertz CT molecular complexity index is 1360. The lowest BCUT2D eigenvalue weighted by Gasteiger charge is -2.13. The van der Waals surface area contributed by atoms with Gasteiger partial charge in [-0.05, 0) is 62.2 Å². The van der Waals surface area contributed by atoms with Gasteiger partial charge in [0.1, 0.15) is 17.3 Å². The van der Waals surface area contributed by atoms with E-state index in [1.807, 2.05) is 6.92 Å². The van der Waals surface area contributed by atoms with Gasteiger partial charge in [-0.15, -0.1) is 23.2 Å². The molecule has 1 fully saturated rings. The molecule has 0 aromatic heterocycles. The number of anilines is 2. The second-order valence-electron chi connectivity index (χ2n) is 8.72. The summed E-state index contributed by atoms with van der Waals surface area (Å²) in [7, 11) is 1.36. The number of allylic oxidation sites excluding steroid dienone is 4. The van der Waals surface area contributed by atoms with Crippen LogP contribution in [0.5, 0.6) is 0 Å². The quantitative estimate of drug-likeness (QED) is 0.119. The smallest absolute Gasteiger partial charge is 0.257 e. The molecule has 2 aromatic rings. The van der Waals surface area contributed by atoms with Crippen molar-refractivity contribution in [2.24, 2.45) is 17.0 Å². The Balaban J connectivity index is 1.74. The Morgan fingerprint density at radius 2 is 1.85 bits per heavy atom. The van der Waals surface area contributed by atoms with E-state index in [2.05, 4.69) is 15.8 Å². The zero-order chi connectivity index (χ0) is 28.9. The molecule has 0 radical (unpaired) electrons. The number of alkyl halides is 2. The molecule has 0 spiro atoms. The Labute approximate surface area is 251 Å². The first-order chi connectivity index (χ1) is 18.4. The largest absolute Gasteiger partial charge is 0.399 e. The fraction of sp³-hybridized carbons (Fsp3) is 0.296. The van der Waals surface area contributed by atoms with Crippen molar-refractivity contribution < 1.29 is 18.8 Å². The maximum atomic E-state index is 13.8. The molecule has 0 aliphatic heterocycles. The van der Waals surface area contributed by atoms with Gasteiger partial charge in [-0.2, -0.15) is 0 Å². The molecule has 0 bridgehead atoms. The summed E-state index contributed by atoms with van der Waals surface area (Å²) < 4.78 is 12.6. The average Bonchev–Trinajstić information content (AvgIpc) is 3.44. The zero-order valence-electron chi connectivity index (χ0n) is 21.1. The van der Waals surface area contributed by atoms with E-state index >= 15 is 0 Å². The highest BCUT2D eigenvalue weighted by Crippen LogP contribution is 2.61. The van der Waals surface area contributed by atoms with Crippen molar-refractivity contribution in [3.8, 4) is 0 Å². The van der Waals surface area contributed by atoms with E-state index < -0.39 is 27.9 Å². The van der Waals surface area contributed by atoms with Gasteiger partial charge in [0.2, 0.25) is 5.91 Å². The predicted octanol–water partition coefficient (Wildman–Crippen LogP) is 8.51. The minimum absolute atomic E-state index is 0.0794. The topological polar surface area (TPSA) is 79.8 Å². The number of halogens is 6. The molecule has 0 saturated heterocycles. The number of oxime groups is 1. The van der Waals surface area contributed by atoms with E-state index in [9.17, 15) is 14.0 Å². The summed E-state index contributed by atoms with van der Waals surface area (Å²) >= 11 is 31.2. The zero-order valence-corrected chi connectivity index (χ0v) is 24.9. The summed E-state index contributed by atoms with van der Waals surface area (Å²) in [5.74, 6) is -2.58. The van der Waals surface area contributed by atoms with Gasteiger partial charge in [-0.25, -0.2) is 4.39 Å². The highest BCUT2D eigenvalue weighted by molar-refractivity contribution is 6.53. The minimum atomic E-state index is -1.27. The molecule has 1 aliphatic rings. The number of nitrogens with one attached hydrogen (secondary N) is 2. The van der Waals surface area contributed by atoms with Crippen molar-refractivity contribution in [2.75, 3.05) is 17.7 Å². The van der Waals surface area contributed by atoms with Crippen molar-refractivity contribution in [2.45, 2.75) is 31.0 Å². The number of carbonyl (C=O) groups is 2. The second kappa shape index (κ2) is 13.4. The molecule has 208 valence electrons. The van der Waals surface area contributed by atoms with Crippen LogP contribution in [0.2, 0.25) is 5.02 Å². The fourth-order valence-corrected chi connectivity index (χ4v) is 5.29. The fourth-order valence-electron chi connectivity index (χ4n) is 3.89. The van der Waals surface area contributed by atoms with E-state index in [1.165, 1.54) is 37.4 Å². The summed E-state index contributed by atoms with van der Waals surface area (Å²) in [6.45, 7) is 3.51. The molecular weight excluding hydrogens is 611 g/mol. The van der Waals surface area contributed by atoms with Crippen LogP contribution in [-0.4, -0.2) is 29.0 Å². The molecule has 2 N–H and O–H groups in total. The van der Waals surface area contributed by atoms with E-state index in [-0.39, 0.29) is 16.5 Å². The molecule has 6 nitrogen and oxygen atoms in total. The molecule has 0 heterocycles. The van der Waals surface area contributed by atoms with Gasteiger partial charge in [0, 0.05) is 27.2 Å². The molecule has 1 saturated carbocycles. The van der Waals surface area contributed by atoms with E-state index in [0.717, 1.165) is 0 Å². The normalized spacial score (nSPS) is 18.9. The number of nitrogens with zero attached hydrogens (tertiary/aromatic N) is 1. The van der Waals surface area contributed by atoms with Crippen molar-refractivity contribution in [3.05, 3.63) is 80.6 Å². The molecule has 2 atom stereocenters. The number of carbonyl (C=O) groups excluding carboxylic acids is 2. The van der Waals surface area contributed by atoms with Crippen molar-refractivity contribution in [3.63, 3.8) is 0 Å². The Kier molecular flexibility index (Phi) is 10.7. The third-order valence-electron chi connectivity index (χ3n) is 6.01. The third-order valence-corrected chi connectivity index (χ3v) is 8.01. The first-order valence-corrected chi connectivity index (χ1v) is 13.7. The number of hydrogen-bond donors (Lipinski definition) is 2. The van der Waals surface area contributed by atoms with Gasteiger partial charge in [0.15, 0.2) is 0 Å². The van der Waals surface area contributed by atoms with Crippen LogP contribution in [0.3, 0.4) is 0 Å². The van der Waals surface area contributed by atoms with Gasteiger partial charge < -0.3 is 15.5 Å². The van der Waals surface area contributed by atoms with Crippen LogP contribution in [-0.2, 0) is 9.63 Å². The van der Waals surface area contributed by atoms with Crippen LogP contribution in [0.4, 0.5) is 15.8 Å². The third kappa shape index (κ3) is 7.89. The van der Waals surface area contributed by atoms with Crippen LogP contribution >= 0.6 is 58.0 Å². The van der Waals surface area contributed by atoms with Crippen LogP contribution in [0.15, 0.2) is 63.8 Å². The SMILES string of the molecule is CC/C(Cl)=C\C(Cl)=C/CC1C(C(=O)Nc2ccc(Cl)c(C(=O)Nc3ccc(F)cc3/C(C)=N/OC)c2)C1(Cl)Cl. The summed E-state index contributed by atoms with van der Waals surface area (Å²) in [5, 5.41) is 10.4. The molecule has 12 heteroatoms. The summed E-state index contributed by atoms with van der Waals surface area (Å²) in [4.78, 5) is 30.8. The number of benzene rings is 2. The molecule has 2 unspecified atom stereocenters. The average molecular weight is 636 g/mol. The first kappa shape index (κ1) is 31.2. The van der Waals surface area contributed by atoms with Crippen molar-refractivity contribution in [1.29, 1.82) is 0 Å². The highest BCUT2D eigenvalue weighted by atomic mass is 35.5. The van der Waals surface area contributed by atoms with Gasteiger partial charge in [0.05, 0.1) is 27.9 Å². The predicted molar refractivity (Wildman–Crippen MR) is 158 cm³/mol. The monoisotopic (exact) mass is 633 g/mol. The van der Waals surface area contributed by atoms with Crippen LogP contribution in [0.1, 0.15) is 42.6 Å². The van der Waals surface area contributed by atoms with Crippen LogP contribution in [0.25, 0.3) is 0 Å². The van der Waals surface area contributed by atoms with E-state index in [0.29, 0.717) is 45.6 Å². The lowest BCUT2D eigenvalue weighted by Crippen LogP contribution is -2.19. The van der Waals surface area contributed by atoms with Crippen molar-refractivity contribution >= 4 is 86.9 Å². The van der Waals surface area contributed by atoms with Gasteiger partial charge in [-0.1, -0.05) is 53.0 Å². The number of amides is 2. The van der Waals surface area contributed by atoms with E-state index in [4.69, 9.17) is 62.8 Å². The second-order valence-corrected chi connectivity index (χ2v) is 11.5. The minimum Gasteiger partial charge on any atom is -0.399 e. The van der Waals surface area contributed by atoms with Crippen LogP contribution < -0.4 is 10.6 Å². The Morgan fingerprint density at radius 1 is 1.13 bits per heavy atom. The molecule has 39 heavy (non-hydrogen) atoms. The molecule has 2 aromatic carbocycles. The Morgan fingerprint density at radius 3 is 2.51 bits per heavy atom. The highest BCUT2D eigenvalue weighted by Gasteiger charge is 2.66. The van der Waals surface area contributed by atoms with Crippen molar-refractivity contribution in [1.82, 2.24) is 0 Å². The van der Waals surface area contributed by atoms with Gasteiger partial charge in [0.25, 0.3) is 5.91 Å². The van der Waals surface area contributed by atoms with Crippen LogP contribution in [0, 0.1) is 17.7 Å². The Hall–Kier alpha value is -2.29. The van der Waals surface area contributed by atoms with Gasteiger partial charge >= 0.3 is 0 Å². The molecule has 3 rings (SSSR count). The standard InChI is InChI=1S/C27H25Cl5FN3O3/c1-4-15(28)11-16(29)5-8-21-24(27(21,31)32)26(38)34-18-7-9-22(30)20(13-18)25(37)35-23-10-6-17(33)12-19(23)14(2)36-39-3/h5-7,9-13,21,24H,4,8H2,1-3H3,(H,34,38)(H,35,37)/b15-11+,16-5+,36-14+. The summed E-state index contributed by atoms with van der Waals surface area (Å²) in [6, 6.07) is 8.26. The maximum absolute atomic E-state index is 13.8. The number of hydrogen-bond acceptors (Lipinski definition) is 4.